The van der Waals surface area contributed by atoms with E-state index in [4.69, 9.17) is 16.3 Å². The fraction of sp³-hybridized carbons (Fsp3) is 0.400. The van der Waals surface area contributed by atoms with Gasteiger partial charge in [-0.15, -0.1) is 11.6 Å². The molecular weight excluding hydrogens is 283 g/mol. The number of hydrogen-bond donors (Lipinski definition) is 0. The molecule has 0 heterocycles. The molecule has 0 saturated heterocycles. The number of hydrogen-bond acceptors (Lipinski definition) is 2. The lowest BCUT2D eigenvalue weighted by atomic mass is 10.2. The Morgan fingerprint density at radius 3 is 1.72 bits per heavy atom. The molecule has 18 heavy (non-hydrogen) atoms. The van der Waals surface area contributed by atoms with Crippen molar-refractivity contribution in [2.45, 2.75) is 0 Å². The van der Waals surface area contributed by atoms with Crippen molar-refractivity contribution >= 4 is 11.6 Å². The number of alkyl halides is 1. The molecule has 0 spiro atoms. The molecule has 1 rings (SSSR count). The minimum absolute atomic E-state index is 0.0911. The molecule has 0 aliphatic rings. The maximum absolute atomic E-state index is 13.1. The summed E-state index contributed by atoms with van der Waals surface area (Å²) in [4.78, 5) is 0. The zero-order valence-electron chi connectivity index (χ0n) is 8.91. The highest BCUT2D eigenvalue weighted by Gasteiger charge is 2.26. The lowest BCUT2D eigenvalue weighted by Gasteiger charge is -2.10. The summed E-state index contributed by atoms with van der Waals surface area (Å²) in [5.41, 5.74) is 0. The Balaban J connectivity index is 2.77. The van der Waals surface area contributed by atoms with Gasteiger partial charge >= 0.3 is 0 Å². The maximum atomic E-state index is 13.1. The van der Waals surface area contributed by atoms with Crippen LogP contribution in [0.4, 0.5) is 22.0 Å². The van der Waals surface area contributed by atoms with Gasteiger partial charge in [-0.05, 0) is 0 Å². The van der Waals surface area contributed by atoms with Crippen LogP contribution in [0.25, 0.3) is 0 Å². The van der Waals surface area contributed by atoms with Crippen LogP contribution >= 0.6 is 11.6 Å². The number of rotatable bonds is 6. The third-order valence-electron chi connectivity index (χ3n) is 1.87. The van der Waals surface area contributed by atoms with Crippen molar-refractivity contribution in [3.63, 3.8) is 0 Å². The molecule has 0 unspecified atom stereocenters. The summed E-state index contributed by atoms with van der Waals surface area (Å²) in [5, 5.41) is 0. The Kier molecular flexibility index (Phi) is 5.61. The van der Waals surface area contributed by atoms with Crippen LogP contribution in [0.3, 0.4) is 0 Å². The molecule has 0 aromatic heterocycles. The van der Waals surface area contributed by atoms with Crippen molar-refractivity contribution < 1.29 is 31.4 Å². The SMILES string of the molecule is Fc1c(F)c(F)c(OCCOCCCl)c(F)c1F. The summed E-state index contributed by atoms with van der Waals surface area (Å²) in [6.07, 6.45) is 0. The Labute approximate surface area is 104 Å². The third kappa shape index (κ3) is 3.23. The number of benzene rings is 1. The first-order chi connectivity index (χ1) is 8.50. The van der Waals surface area contributed by atoms with Gasteiger partial charge in [-0.1, -0.05) is 0 Å². The van der Waals surface area contributed by atoms with E-state index in [-0.39, 0.29) is 25.7 Å². The van der Waals surface area contributed by atoms with Gasteiger partial charge in [-0.3, -0.25) is 0 Å². The fourth-order valence-electron chi connectivity index (χ4n) is 1.07. The average Bonchev–Trinajstić information content (AvgIpc) is 2.37. The topological polar surface area (TPSA) is 18.5 Å². The average molecular weight is 291 g/mol. The lowest BCUT2D eigenvalue weighted by Crippen LogP contribution is -2.12. The summed E-state index contributed by atoms with van der Waals surface area (Å²) >= 11 is 5.28. The Hall–Kier alpha value is -1.08. The first-order valence-electron chi connectivity index (χ1n) is 4.78. The molecule has 0 saturated carbocycles. The molecule has 0 aliphatic carbocycles. The van der Waals surface area contributed by atoms with Gasteiger partial charge in [0.05, 0.1) is 13.2 Å². The van der Waals surface area contributed by atoms with E-state index < -0.39 is 34.8 Å². The predicted molar refractivity (Wildman–Crippen MR) is 53.3 cm³/mol. The van der Waals surface area contributed by atoms with Crippen molar-refractivity contribution in [1.82, 2.24) is 0 Å². The van der Waals surface area contributed by atoms with E-state index in [0.717, 1.165) is 0 Å². The van der Waals surface area contributed by atoms with Gasteiger partial charge in [-0.25, -0.2) is 13.2 Å². The summed E-state index contributed by atoms with van der Waals surface area (Å²) in [7, 11) is 0. The fourth-order valence-corrected chi connectivity index (χ4v) is 1.18. The summed E-state index contributed by atoms with van der Waals surface area (Å²) < 4.78 is 73.6. The van der Waals surface area contributed by atoms with Crippen LogP contribution in [0, 0.1) is 29.1 Å². The van der Waals surface area contributed by atoms with E-state index in [1.807, 2.05) is 0 Å². The van der Waals surface area contributed by atoms with Crippen LogP contribution in [0.2, 0.25) is 0 Å². The van der Waals surface area contributed by atoms with E-state index >= 15 is 0 Å². The van der Waals surface area contributed by atoms with E-state index in [0.29, 0.717) is 0 Å². The molecule has 0 radical (unpaired) electrons. The van der Waals surface area contributed by atoms with Crippen LogP contribution in [-0.4, -0.2) is 25.7 Å². The van der Waals surface area contributed by atoms with Crippen molar-refractivity contribution in [2.24, 2.45) is 0 Å². The summed E-state index contributed by atoms with van der Waals surface area (Å²) in [6.45, 7) is -0.274. The van der Waals surface area contributed by atoms with Gasteiger partial charge in [0.2, 0.25) is 29.1 Å². The van der Waals surface area contributed by atoms with Crippen molar-refractivity contribution in [3.05, 3.63) is 29.1 Å². The van der Waals surface area contributed by atoms with Gasteiger partial charge < -0.3 is 9.47 Å². The monoisotopic (exact) mass is 290 g/mol. The Morgan fingerprint density at radius 1 is 0.722 bits per heavy atom. The molecule has 0 aliphatic heterocycles. The third-order valence-corrected chi connectivity index (χ3v) is 2.02. The van der Waals surface area contributed by atoms with Crippen molar-refractivity contribution in [1.29, 1.82) is 0 Å². The lowest BCUT2D eigenvalue weighted by molar-refractivity contribution is 0.106. The molecule has 2 nitrogen and oxygen atoms in total. The highest BCUT2D eigenvalue weighted by Crippen LogP contribution is 2.28. The second-order valence-corrected chi connectivity index (χ2v) is 3.43. The van der Waals surface area contributed by atoms with Crippen LogP contribution in [-0.2, 0) is 4.74 Å². The summed E-state index contributed by atoms with van der Waals surface area (Å²) in [6, 6.07) is 0. The van der Waals surface area contributed by atoms with Gasteiger partial charge in [0.1, 0.15) is 6.61 Å². The van der Waals surface area contributed by atoms with Gasteiger partial charge in [0.25, 0.3) is 0 Å². The van der Waals surface area contributed by atoms with E-state index in [1.54, 1.807) is 0 Å². The van der Waals surface area contributed by atoms with E-state index in [1.165, 1.54) is 0 Å². The zero-order valence-corrected chi connectivity index (χ0v) is 9.67. The molecule has 0 N–H and O–H groups in total. The standard InChI is InChI=1S/C10H8ClF5O2/c11-1-2-17-3-4-18-10-8(15)6(13)5(12)7(14)9(10)16/h1-4H2. The van der Waals surface area contributed by atoms with Crippen LogP contribution in [0.15, 0.2) is 0 Å². The Morgan fingerprint density at radius 2 is 1.22 bits per heavy atom. The smallest absolute Gasteiger partial charge is 0.206 e. The Bertz CT molecular complexity index is 398. The van der Waals surface area contributed by atoms with Crippen molar-refractivity contribution in [2.75, 3.05) is 25.7 Å². The highest BCUT2D eigenvalue weighted by molar-refractivity contribution is 6.17. The minimum atomic E-state index is -2.23. The minimum Gasteiger partial charge on any atom is -0.485 e. The molecular formula is C10H8ClF5O2. The van der Waals surface area contributed by atoms with Gasteiger partial charge in [0, 0.05) is 5.88 Å². The molecule has 8 heteroatoms. The number of halogens is 6. The normalized spacial score (nSPS) is 10.8. The maximum Gasteiger partial charge on any atom is 0.206 e. The van der Waals surface area contributed by atoms with Crippen molar-refractivity contribution in [3.8, 4) is 5.75 Å². The van der Waals surface area contributed by atoms with Gasteiger partial charge in [0.15, 0.2) is 5.75 Å². The molecule has 1 aromatic carbocycles. The largest absolute Gasteiger partial charge is 0.485 e. The highest BCUT2D eigenvalue weighted by atomic mass is 35.5. The summed E-state index contributed by atoms with van der Waals surface area (Å²) in [5.74, 6) is -11.5. The molecule has 102 valence electrons. The second kappa shape index (κ2) is 6.75. The first kappa shape index (κ1) is 15.0. The molecule has 0 amide bonds. The molecule has 0 bridgehead atoms. The zero-order chi connectivity index (χ0) is 13.7. The second-order valence-electron chi connectivity index (χ2n) is 3.05. The quantitative estimate of drug-likeness (QED) is 0.264. The van der Waals surface area contributed by atoms with Crippen LogP contribution < -0.4 is 4.74 Å². The van der Waals surface area contributed by atoms with E-state index in [2.05, 4.69) is 4.74 Å². The first-order valence-corrected chi connectivity index (χ1v) is 5.32. The van der Waals surface area contributed by atoms with Gasteiger partial charge in [-0.2, -0.15) is 8.78 Å². The van der Waals surface area contributed by atoms with Crippen LogP contribution in [0.5, 0.6) is 5.75 Å². The molecule has 0 fully saturated rings. The predicted octanol–water partition coefficient (Wildman–Crippen LogP) is 3.02. The van der Waals surface area contributed by atoms with E-state index in [9.17, 15) is 22.0 Å². The molecule has 0 atom stereocenters. The van der Waals surface area contributed by atoms with Crippen LogP contribution in [0.1, 0.15) is 0 Å². The molecule has 1 aromatic rings. The number of ether oxygens (including phenoxy) is 2.